The van der Waals surface area contributed by atoms with Gasteiger partial charge in [-0.1, -0.05) is 65.3 Å². The quantitative estimate of drug-likeness (QED) is 0.181. The Morgan fingerprint density at radius 1 is 0.786 bits per heavy atom. The number of benzene rings is 3. The van der Waals surface area contributed by atoms with Crippen LogP contribution in [-0.4, -0.2) is 32.0 Å². The lowest BCUT2D eigenvalue weighted by atomic mass is 9.80. The summed E-state index contributed by atoms with van der Waals surface area (Å²) in [6.45, 7) is 12.7. The highest BCUT2D eigenvalue weighted by atomic mass is 35.5. The normalized spacial score (nSPS) is 13.9. The fourth-order valence-corrected chi connectivity index (χ4v) is 4.68. The zero-order valence-corrected chi connectivity index (χ0v) is 25.8. The molecule has 220 valence electrons. The van der Waals surface area contributed by atoms with Gasteiger partial charge in [0.2, 0.25) is 0 Å². The lowest BCUT2D eigenvalue weighted by Gasteiger charge is -2.26. The first-order chi connectivity index (χ1) is 19.6. The topological polar surface area (TPSA) is 94.2 Å². The van der Waals surface area contributed by atoms with Crippen molar-refractivity contribution in [3.05, 3.63) is 88.1 Å². The number of halogens is 1. The van der Waals surface area contributed by atoms with Gasteiger partial charge in [0.15, 0.2) is 0 Å². The summed E-state index contributed by atoms with van der Waals surface area (Å²) in [5, 5.41) is 2.65. The summed E-state index contributed by atoms with van der Waals surface area (Å²) >= 11 is 6.30. The zero-order chi connectivity index (χ0) is 31.0. The van der Waals surface area contributed by atoms with E-state index in [0.717, 1.165) is 16.0 Å². The summed E-state index contributed by atoms with van der Waals surface area (Å²) in [5.41, 5.74) is 2.70. The molecule has 0 saturated carbocycles. The van der Waals surface area contributed by atoms with Gasteiger partial charge in [-0.25, -0.2) is 9.69 Å². The third-order valence-corrected chi connectivity index (χ3v) is 7.25. The Kier molecular flexibility index (Phi) is 8.41. The maximum absolute atomic E-state index is 13.3. The number of hydrogen-bond acceptors (Lipinski definition) is 7. The average molecular weight is 591 g/mol. The molecule has 42 heavy (non-hydrogen) atoms. The number of nitrogens with one attached hydrogen (secondary N) is 1. The van der Waals surface area contributed by atoms with Gasteiger partial charge >= 0.3 is 5.97 Å². The van der Waals surface area contributed by atoms with Gasteiger partial charge in [-0.3, -0.25) is 9.59 Å². The van der Waals surface area contributed by atoms with Crippen LogP contribution >= 0.6 is 11.6 Å². The Balaban J connectivity index is 1.52. The summed E-state index contributed by atoms with van der Waals surface area (Å²) in [7, 11) is 2.92. The van der Waals surface area contributed by atoms with Gasteiger partial charge < -0.3 is 19.5 Å². The van der Waals surface area contributed by atoms with Crippen molar-refractivity contribution in [3.63, 3.8) is 0 Å². The van der Waals surface area contributed by atoms with Crippen LogP contribution in [-0.2, 0) is 20.4 Å². The number of ether oxygens (including phenoxy) is 3. The molecule has 0 bridgehead atoms. The molecular formula is C33H35ClN2O6. The maximum atomic E-state index is 13.3. The van der Waals surface area contributed by atoms with Gasteiger partial charge in [-0.05, 0) is 58.9 Å². The largest absolute Gasteiger partial charge is 0.497 e. The Bertz CT molecular complexity index is 1580. The molecule has 1 heterocycles. The fourth-order valence-electron chi connectivity index (χ4n) is 4.46. The van der Waals surface area contributed by atoms with Crippen molar-refractivity contribution in [2.75, 3.05) is 24.4 Å². The van der Waals surface area contributed by atoms with Crippen molar-refractivity contribution in [1.29, 1.82) is 0 Å². The number of carbonyl (C=O) groups excluding carboxylic acids is 3. The Hall–Kier alpha value is -4.30. The number of anilines is 2. The molecule has 0 radical (unpaired) electrons. The summed E-state index contributed by atoms with van der Waals surface area (Å²) in [4.78, 5) is 40.2. The molecule has 0 saturated heterocycles. The highest BCUT2D eigenvalue weighted by molar-refractivity contribution is 6.53. The summed E-state index contributed by atoms with van der Waals surface area (Å²) in [6.07, 6.45) is 0. The van der Waals surface area contributed by atoms with Crippen LogP contribution < -0.4 is 24.4 Å². The lowest BCUT2D eigenvalue weighted by Crippen LogP contribution is -2.32. The van der Waals surface area contributed by atoms with Crippen molar-refractivity contribution in [2.24, 2.45) is 0 Å². The molecule has 1 N–H and O–H groups in total. The minimum Gasteiger partial charge on any atom is -0.497 e. The van der Waals surface area contributed by atoms with Gasteiger partial charge in [0.1, 0.15) is 28.0 Å². The summed E-state index contributed by atoms with van der Waals surface area (Å²) in [6, 6.07) is 17.0. The average Bonchev–Trinajstić information content (AvgIpc) is 3.14. The monoisotopic (exact) mass is 590 g/mol. The predicted octanol–water partition coefficient (Wildman–Crippen LogP) is 6.95. The van der Waals surface area contributed by atoms with Gasteiger partial charge in [0, 0.05) is 17.3 Å². The first-order valence-corrected chi connectivity index (χ1v) is 13.8. The molecule has 0 spiro atoms. The smallest absolute Gasteiger partial charge is 0.343 e. The molecule has 3 aromatic rings. The van der Waals surface area contributed by atoms with E-state index in [-0.39, 0.29) is 33.0 Å². The summed E-state index contributed by atoms with van der Waals surface area (Å²) in [5.74, 6) is -0.582. The fraction of sp³-hybridized carbons (Fsp3) is 0.303. The van der Waals surface area contributed by atoms with E-state index in [4.69, 9.17) is 25.8 Å². The van der Waals surface area contributed by atoms with E-state index in [9.17, 15) is 14.4 Å². The molecule has 0 aromatic heterocycles. The number of imide groups is 1. The van der Waals surface area contributed by atoms with Crippen LogP contribution in [0.2, 0.25) is 0 Å². The second-order valence-corrected chi connectivity index (χ2v) is 12.4. The first-order valence-electron chi connectivity index (χ1n) is 13.4. The highest BCUT2D eigenvalue weighted by Gasteiger charge is 2.40. The number of rotatable bonds is 7. The molecule has 0 unspecified atom stereocenters. The van der Waals surface area contributed by atoms with E-state index in [1.54, 1.807) is 42.5 Å². The van der Waals surface area contributed by atoms with Crippen LogP contribution in [0.15, 0.2) is 71.4 Å². The van der Waals surface area contributed by atoms with Crippen molar-refractivity contribution in [1.82, 2.24) is 0 Å². The van der Waals surface area contributed by atoms with Crippen molar-refractivity contribution in [2.45, 2.75) is 52.4 Å². The highest BCUT2D eigenvalue weighted by Crippen LogP contribution is 2.38. The van der Waals surface area contributed by atoms with Gasteiger partial charge in [-0.2, -0.15) is 0 Å². The molecule has 4 rings (SSSR count). The van der Waals surface area contributed by atoms with Gasteiger partial charge in [0.25, 0.3) is 11.8 Å². The molecule has 0 atom stereocenters. The zero-order valence-electron chi connectivity index (χ0n) is 25.0. The number of esters is 1. The lowest BCUT2D eigenvalue weighted by molar-refractivity contribution is -0.120. The van der Waals surface area contributed by atoms with E-state index in [2.05, 4.69) is 52.9 Å². The van der Waals surface area contributed by atoms with Crippen molar-refractivity contribution in [3.8, 4) is 17.2 Å². The third kappa shape index (κ3) is 6.14. The Morgan fingerprint density at radius 2 is 1.45 bits per heavy atom. The third-order valence-electron chi connectivity index (χ3n) is 6.90. The molecule has 1 aliphatic rings. The minimum atomic E-state index is -0.694. The molecule has 0 fully saturated rings. The maximum Gasteiger partial charge on any atom is 0.343 e. The number of methoxy groups -OCH3 is 2. The number of carbonyl (C=O) groups is 3. The molecular weight excluding hydrogens is 556 g/mol. The Labute approximate surface area is 251 Å². The number of nitrogens with zero attached hydrogens (tertiary/aromatic N) is 1. The van der Waals surface area contributed by atoms with Crippen LogP contribution in [0.3, 0.4) is 0 Å². The van der Waals surface area contributed by atoms with E-state index in [0.29, 0.717) is 22.7 Å². The Morgan fingerprint density at radius 3 is 2.02 bits per heavy atom. The van der Waals surface area contributed by atoms with Gasteiger partial charge in [0.05, 0.1) is 25.5 Å². The summed E-state index contributed by atoms with van der Waals surface area (Å²) < 4.78 is 16.4. The van der Waals surface area contributed by atoms with E-state index in [1.807, 2.05) is 12.1 Å². The van der Waals surface area contributed by atoms with Gasteiger partial charge in [-0.15, -0.1) is 0 Å². The van der Waals surface area contributed by atoms with Crippen molar-refractivity contribution < 1.29 is 28.6 Å². The van der Waals surface area contributed by atoms with Crippen LogP contribution in [0.5, 0.6) is 17.2 Å². The molecule has 9 heteroatoms. The standard InChI is InChI=1S/C33H35ClN2O6/c1-32(2,3)20-11-16-25(23(17-20)33(4,5)6)42-31(39)19-9-12-21(13-10-19)35-28-27(34)29(37)36(30(28)38)24-15-14-22(40-7)18-26(24)41-8/h9-18,35H,1-8H3. The second-order valence-electron chi connectivity index (χ2n) is 12.0. The minimum absolute atomic E-state index is 0.0488. The van der Waals surface area contributed by atoms with Crippen molar-refractivity contribution >= 4 is 40.8 Å². The number of hydrogen-bond donors (Lipinski definition) is 1. The molecule has 1 aliphatic heterocycles. The second kappa shape index (κ2) is 11.5. The molecule has 2 amide bonds. The van der Waals surface area contributed by atoms with E-state index >= 15 is 0 Å². The van der Waals surface area contributed by atoms with E-state index in [1.165, 1.54) is 14.2 Å². The molecule has 8 nitrogen and oxygen atoms in total. The predicted molar refractivity (Wildman–Crippen MR) is 164 cm³/mol. The van der Waals surface area contributed by atoms with E-state index < -0.39 is 17.8 Å². The number of amides is 2. The molecule has 3 aromatic carbocycles. The first kappa shape index (κ1) is 30.7. The SMILES string of the molecule is COc1ccc(N2C(=O)C(Cl)=C(Nc3ccc(C(=O)Oc4ccc(C(C)(C)C)cc4C(C)(C)C)cc3)C2=O)c(OC)c1. The van der Waals surface area contributed by atoms with Crippen LogP contribution in [0.1, 0.15) is 63.0 Å². The van der Waals surface area contributed by atoms with Crippen LogP contribution in [0, 0.1) is 0 Å². The molecule has 0 aliphatic carbocycles. The van der Waals surface area contributed by atoms with Crippen LogP contribution in [0.4, 0.5) is 11.4 Å². The van der Waals surface area contributed by atoms with Crippen LogP contribution in [0.25, 0.3) is 0 Å².